The minimum atomic E-state index is -0.0268. The Kier molecular flexibility index (Phi) is 8.93. The summed E-state index contributed by atoms with van der Waals surface area (Å²) >= 11 is 0. The van der Waals surface area contributed by atoms with Crippen molar-refractivity contribution in [2.45, 2.75) is 31.9 Å². The molecule has 2 N–H and O–H groups in total. The van der Waals surface area contributed by atoms with Crippen LogP contribution >= 0.6 is 0 Å². The van der Waals surface area contributed by atoms with E-state index in [1.54, 1.807) is 0 Å². The molecule has 0 aliphatic carbocycles. The van der Waals surface area contributed by atoms with Crippen molar-refractivity contribution >= 4 is 0 Å². The average Bonchev–Trinajstić information content (AvgIpc) is 3.38. The van der Waals surface area contributed by atoms with Crippen molar-refractivity contribution in [3.8, 4) is 5.75 Å². The highest BCUT2D eigenvalue weighted by Gasteiger charge is 2.20. The van der Waals surface area contributed by atoms with E-state index < -0.39 is 0 Å². The van der Waals surface area contributed by atoms with E-state index in [9.17, 15) is 5.11 Å². The van der Waals surface area contributed by atoms with Crippen LogP contribution in [-0.4, -0.2) is 42.8 Å². The number of nitrogens with one attached hydrogen (secondary N) is 1. The van der Waals surface area contributed by atoms with Crippen molar-refractivity contribution < 1.29 is 9.84 Å². The predicted octanol–water partition coefficient (Wildman–Crippen LogP) is 4.84. The maximum absolute atomic E-state index is 9.94. The van der Waals surface area contributed by atoms with E-state index >= 15 is 0 Å². The molecule has 0 spiro atoms. The van der Waals surface area contributed by atoms with Crippen LogP contribution in [0.1, 0.15) is 35.6 Å². The second kappa shape index (κ2) is 12.5. The minimum absolute atomic E-state index is 0.0268. The molecule has 3 aromatic rings. The standard InChI is InChI=1S/C29H36N2O2/c32-22-29(27-11-5-2-6-12-27)30-20-26(21-31-17-7-8-18-31)19-24-13-15-28(16-14-24)33-23-25-9-3-1-4-10-25/h1-6,9-16,26,29-30,32H,7-8,17-23H2/t26-,29?/m1/s1. The molecule has 0 amide bonds. The highest BCUT2D eigenvalue weighted by atomic mass is 16.5. The van der Waals surface area contributed by atoms with Crippen molar-refractivity contribution in [1.29, 1.82) is 0 Å². The summed E-state index contributed by atoms with van der Waals surface area (Å²) in [5.74, 6) is 1.39. The molecule has 4 heteroatoms. The normalized spacial score (nSPS) is 15.9. The summed E-state index contributed by atoms with van der Waals surface area (Å²) in [6, 6.07) is 29.0. The maximum atomic E-state index is 9.94. The van der Waals surface area contributed by atoms with Gasteiger partial charge in [-0.2, -0.15) is 0 Å². The first-order valence-corrected chi connectivity index (χ1v) is 12.2. The molecule has 4 rings (SSSR count). The third kappa shape index (κ3) is 7.43. The van der Waals surface area contributed by atoms with Gasteiger partial charge < -0.3 is 20.1 Å². The summed E-state index contributed by atoms with van der Waals surface area (Å²) in [5, 5.41) is 13.6. The lowest BCUT2D eigenvalue weighted by atomic mass is 9.97. The highest BCUT2D eigenvalue weighted by Crippen LogP contribution is 2.20. The van der Waals surface area contributed by atoms with E-state index in [0.717, 1.165) is 30.8 Å². The summed E-state index contributed by atoms with van der Waals surface area (Å²) in [6.07, 6.45) is 3.61. The zero-order valence-electron chi connectivity index (χ0n) is 19.4. The molecule has 1 fully saturated rings. The maximum Gasteiger partial charge on any atom is 0.119 e. The average molecular weight is 445 g/mol. The molecule has 0 bridgehead atoms. The van der Waals surface area contributed by atoms with Gasteiger partial charge in [-0.15, -0.1) is 0 Å². The molecule has 0 aromatic heterocycles. The van der Waals surface area contributed by atoms with Crippen molar-refractivity contribution in [3.63, 3.8) is 0 Å². The Hall–Kier alpha value is -2.66. The van der Waals surface area contributed by atoms with Crippen LogP contribution in [0.4, 0.5) is 0 Å². The minimum Gasteiger partial charge on any atom is -0.489 e. The van der Waals surface area contributed by atoms with Gasteiger partial charge in [-0.1, -0.05) is 72.8 Å². The third-order valence-electron chi connectivity index (χ3n) is 6.45. The van der Waals surface area contributed by atoms with Gasteiger partial charge in [0.15, 0.2) is 0 Å². The van der Waals surface area contributed by atoms with E-state index in [-0.39, 0.29) is 12.6 Å². The SMILES string of the molecule is OCC(NC[C@@H](Cc1ccc(OCc2ccccc2)cc1)CN1CCCC1)c1ccccc1. The Labute approximate surface area is 198 Å². The number of benzene rings is 3. The van der Waals surface area contributed by atoms with Crippen LogP contribution in [0, 0.1) is 5.92 Å². The van der Waals surface area contributed by atoms with Gasteiger partial charge in [0.05, 0.1) is 12.6 Å². The molecule has 1 aliphatic rings. The van der Waals surface area contributed by atoms with Crippen LogP contribution in [0.3, 0.4) is 0 Å². The fourth-order valence-electron chi connectivity index (χ4n) is 4.61. The molecule has 2 atom stereocenters. The van der Waals surface area contributed by atoms with Crippen molar-refractivity contribution in [1.82, 2.24) is 10.2 Å². The first-order valence-electron chi connectivity index (χ1n) is 12.2. The summed E-state index contributed by atoms with van der Waals surface area (Å²) < 4.78 is 5.95. The summed E-state index contributed by atoms with van der Waals surface area (Å²) in [6.45, 7) is 5.06. The van der Waals surface area contributed by atoms with E-state index in [1.807, 2.05) is 36.4 Å². The number of rotatable bonds is 12. The molecule has 33 heavy (non-hydrogen) atoms. The molecular weight excluding hydrogens is 408 g/mol. The van der Waals surface area contributed by atoms with Crippen molar-refractivity contribution in [3.05, 3.63) is 102 Å². The number of aliphatic hydroxyl groups is 1. The molecular formula is C29H36N2O2. The number of likely N-dealkylation sites (tertiary alicyclic amines) is 1. The van der Waals surface area contributed by atoms with Gasteiger partial charge in [-0.25, -0.2) is 0 Å². The monoisotopic (exact) mass is 444 g/mol. The molecule has 174 valence electrons. The topological polar surface area (TPSA) is 44.7 Å². The molecule has 1 heterocycles. The Balaban J connectivity index is 1.35. The second-order valence-electron chi connectivity index (χ2n) is 9.05. The lowest BCUT2D eigenvalue weighted by Gasteiger charge is -2.26. The summed E-state index contributed by atoms with van der Waals surface area (Å²) in [4.78, 5) is 2.58. The van der Waals surface area contributed by atoms with Gasteiger partial charge >= 0.3 is 0 Å². The lowest BCUT2D eigenvalue weighted by molar-refractivity contribution is 0.224. The first kappa shape index (κ1) is 23.5. The number of ether oxygens (including phenoxy) is 1. The molecule has 1 saturated heterocycles. The van der Waals surface area contributed by atoms with Crippen LogP contribution in [0.25, 0.3) is 0 Å². The van der Waals surface area contributed by atoms with Crippen LogP contribution < -0.4 is 10.1 Å². The Morgan fingerprint density at radius 1 is 0.818 bits per heavy atom. The van der Waals surface area contributed by atoms with Crippen molar-refractivity contribution in [2.24, 2.45) is 5.92 Å². The fourth-order valence-corrected chi connectivity index (χ4v) is 4.61. The van der Waals surface area contributed by atoms with Crippen LogP contribution in [0.2, 0.25) is 0 Å². The highest BCUT2D eigenvalue weighted by molar-refractivity contribution is 5.28. The van der Waals surface area contributed by atoms with Gasteiger partial charge in [0.2, 0.25) is 0 Å². The van der Waals surface area contributed by atoms with Crippen LogP contribution in [0.5, 0.6) is 5.75 Å². The number of hydrogen-bond acceptors (Lipinski definition) is 4. The van der Waals surface area contributed by atoms with E-state index in [4.69, 9.17) is 4.74 Å². The van der Waals surface area contributed by atoms with E-state index in [2.05, 4.69) is 58.7 Å². The first-order chi connectivity index (χ1) is 16.3. The van der Waals surface area contributed by atoms with Crippen LogP contribution in [0.15, 0.2) is 84.9 Å². The predicted molar refractivity (Wildman–Crippen MR) is 134 cm³/mol. The number of hydrogen-bond donors (Lipinski definition) is 2. The van der Waals surface area contributed by atoms with E-state index in [0.29, 0.717) is 12.5 Å². The van der Waals surface area contributed by atoms with Gasteiger partial charge in [0, 0.05) is 13.1 Å². The summed E-state index contributed by atoms with van der Waals surface area (Å²) in [7, 11) is 0. The van der Waals surface area contributed by atoms with Gasteiger partial charge in [-0.3, -0.25) is 0 Å². The smallest absolute Gasteiger partial charge is 0.119 e. The zero-order chi connectivity index (χ0) is 22.7. The van der Waals surface area contributed by atoms with Gasteiger partial charge in [0.1, 0.15) is 12.4 Å². The van der Waals surface area contributed by atoms with Gasteiger partial charge in [0.25, 0.3) is 0 Å². The molecule has 0 saturated carbocycles. The lowest BCUT2D eigenvalue weighted by Crippen LogP contribution is -2.36. The Bertz CT molecular complexity index is 925. The molecule has 3 aromatic carbocycles. The fraction of sp³-hybridized carbons (Fsp3) is 0.379. The quantitative estimate of drug-likeness (QED) is 0.419. The molecule has 0 radical (unpaired) electrons. The third-order valence-corrected chi connectivity index (χ3v) is 6.45. The largest absolute Gasteiger partial charge is 0.489 e. The second-order valence-corrected chi connectivity index (χ2v) is 9.05. The van der Waals surface area contributed by atoms with Crippen LogP contribution in [-0.2, 0) is 13.0 Å². The Morgan fingerprint density at radius 2 is 1.48 bits per heavy atom. The van der Waals surface area contributed by atoms with Crippen molar-refractivity contribution in [2.75, 3.05) is 32.8 Å². The number of nitrogens with zero attached hydrogens (tertiary/aromatic N) is 1. The molecule has 4 nitrogen and oxygen atoms in total. The molecule has 1 unspecified atom stereocenters. The molecule has 1 aliphatic heterocycles. The van der Waals surface area contributed by atoms with E-state index in [1.165, 1.54) is 37.1 Å². The zero-order valence-corrected chi connectivity index (χ0v) is 19.4. The van der Waals surface area contributed by atoms with Gasteiger partial charge in [-0.05, 0) is 67.1 Å². The Morgan fingerprint density at radius 3 is 2.15 bits per heavy atom. The summed E-state index contributed by atoms with van der Waals surface area (Å²) in [5.41, 5.74) is 3.64. The number of aliphatic hydroxyl groups excluding tert-OH is 1.